The fourth-order valence-electron chi connectivity index (χ4n) is 3.04. The second-order valence-electron chi connectivity index (χ2n) is 6.64. The van der Waals surface area contributed by atoms with Crippen molar-refractivity contribution in [1.29, 1.82) is 0 Å². The Morgan fingerprint density at radius 1 is 1.38 bits per heavy atom. The predicted octanol–water partition coefficient (Wildman–Crippen LogP) is 2.18. The number of anilines is 1. The Labute approximate surface area is 126 Å². The van der Waals surface area contributed by atoms with E-state index >= 15 is 0 Å². The van der Waals surface area contributed by atoms with Crippen molar-refractivity contribution < 1.29 is 0 Å². The average molecular weight is 290 g/mol. The molecule has 1 saturated carbocycles. The third-order valence-corrected chi connectivity index (χ3v) is 4.37. The van der Waals surface area contributed by atoms with Gasteiger partial charge in [-0.1, -0.05) is 13.3 Å². The Bertz CT molecular complexity index is 517. The van der Waals surface area contributed by atoms with E-state index in [0.717, 1.165) is 37.6 Å². The van der Waals surface area contributed by atoms with Gasteiger partial charge in [0.1, 0.15) is 11.6 Å². The molecule has 1 aromatic heterocycles. The smallest absolute Gasteiger partial charge is 0.252 e. The topological polar surface area (TPSA) is 61.0 Å². The van der Waals surface area contributed by atoms with Crippen molar-refractivity contribution in [3.63, 3.8) is 0 Å². The molecule has 0 bridgehead atoms. The number of hydrogen-bond donors (Lipinski definition) is 2. The van der Waals surface area contributed by atoms with Gasteiger partial charge in [0.2, 0.25) is 0 Å². The molecule has 0 radical (unpaired) electrons. The Morgan fingerprint density at radius 3 is 2.86 bits per heavy atom. The summed E-state index contributed by atoms with van der Waals surface area (Å²) in [4.78, 5) is 21.6. The maximum atomic E-state index is 11.7. The highest BCUT2D eigenvalue weighted by atomic mass is 16.1. The fraction of sp³-hybridized carbons (Fsp3) is 0.750. The van der Waals surface area contributed by atoms with Crippen LogP contribution < -0.4 is 10.9 Å². The minimum absolute atomic E-state index is 0.0434. The van der Waals surface area contributed by atoms with Crippen molar-refractivity contribution in [3.8, 4) is 0 Å². The van der Waals surface area contributed by atoms with Gasteiger partial charge in [0.15, 0.2) is 0 Å². The number of rotatable bonds is 6. The van der Waals surface area contributed by atoms with Gasteiger partial charge in [0.25, 0.3) is 5.56 Å². The Kier molecular flexibility index (Phi) is 4.58. The number of likely N-dealkylation sites (tertiary alicyclic amines) is 1. The monoisotopic (exact) mass is 290 g/mol. The molecule has 3 rings (SSSR count). The summed E-state index contributed by atoms with van der Waals surface area (Å²) in [5, 5.41) is 3.34. The van der Waals surface area contributed by atoms with E-state index in [9.17, 15) is 4.79 Å². The lowest BCUT2D eigenvalue weighted by atomic mass is 10.1. The molecule has 1 aliphatic heterocycles. The molecule has 0 spiro atoms. The third kappa shape index (κ3) is 4.30. The molecule has 0 aromatic carbocycles. The lowest BCUT2D eigenvalue weighted by Gasteiger charge is -2.29. The molecule has 0 amide bonds. The van der Waals surface area contributed by atoms with E-state index in [1.165, 1.54) is 32.4 Å². The summed E-state index contributed by atoms with van der Waals surface area (Å²) in [5.41, 5.74) is -0.0434. The molecule has 1 saturated heterocycles. The van der Waals surface area contributed by atoms with E-state index in [0.29, 0.717) is 11.8 Å². The lowest BCUT2D eigenvalue weighted by Crippen LogP contribution is -2.35. The zero-order valence-electron chi connectivity index (χ0n) is 12.9. The van der Waals surface area contributed by atoms with Gasteiger partial charge in [-0.2, -0.15) is 0 Å². The van der Waals surface area contributed by atoms with Crippen LogP contribution in [0.5, 0.6) is 0 Å². The Balaban J connectivity index is 1.50. The molecule has 21 heavy (non-hydrogen) atoms. The van der Waals surface area contributed by atoms with Crippen molar-refractivity contribution in [1.82, 2.24) is 14.9 Å². The molecular weight excluding hydrogens is 264 g/mol. The van der Waals surface area contributed by atoms with Gasteiger partial charge in [-0.3, -0.25) is 4.79 Å². The predicted molar refractivity (Wildman–Crippen MR) is 84.8 cm³/mol. The fourth-order valence-corrected chi connectivity index (χ4v) is 3.04. The number of hydrogen-bond acceptors (Lipinski definition) is 4. The van der Waals surface area contributed by atoms with Gasteiger partial charge in [0.05, 0.1) is 0 Å². The molecule has 5 heteroatoms. The summed E-state index contributed by atoms with van der Waals surface area (Å²) in [6, 6.07) is 1.57. The van der Waals surface area contributed by atoms with Gasteiger partial charge >= 0.3 is 0 Å². The second kappa shape index (κ2) is 6.60. The highest BCUT2D eigenvalue weighted by molar-refractivity contribution is 5.34. The summed E-state index contributed by atoms with van der Waals surface area (Å²) in [7, 11) is 0. The molecule has 2 aliphatic rings. The van der Waals surface area contributed by atoms with E-state index < -0.39 is 0 Å². The average Bonchev–Trinajstić information content (AvgIpc) is 3.30. The summed E-state index contributed by atoms with van der Waals surface area (Å²) < 4.78 is 0. The zero-order chi connectivity index (χ0) is 14.7. The zero-order valence-corrected chi connectivity index (χ0v) is 12.9. The van der Waals surface area contributed by atoms with Crippen molar-refractivity contribution in [2.24, 2.45) is 5.92 Å². The minimum Gasteiger partial charge on any atom is -0.370 e. The maximum absolute atomic E-state index is 11.7. The van der Waals surface area contributed by atoms with Gasteiger partial charge in [-0.25, -0.2) is 4.98 Å². The van der Waals surface area contributed by atoms with E-state index in [2.05, 4.69) is 27.1 Å². The lowest BCUT2D eigenvalue weighted by molar-refractivity contribution is 0.204. The van der Waals surface area contributed by atoms with Crippen LogP contribution in [0.1, 0.15) is 50.8 Å². The Morgan fingerprint density at radius 2 is 2.14 bits per heavy atom. The Hall–Kier alpha value is -1.36. The first kappa shape index (κ1) is 14.6. The summed E-state index contributed by atoms with van der Waals surface area (Å²) in [5.74, 6) is 2.62. The van der Waals surface area contributed by atoms with Gasteiger partial charge in [-0.05, 0) is 44.7 Å². The van der Waals surface area contributed by atoms with E-state index in [1.54, 1.807) is 6.07 Å². The molecular formula is C16H26N4O. The minimum atomic E-state index is -0.0434. The van der Waals surface area contributed by atoms with Crippen molar-refractivity contribution in [2.75, 3.05) is 31.5 Å². The van der Waals surface area contributed by atoms with Crippen LogP contribution in [0.4, 0.5) is 5.82 Å². The number of aromatic amines is 1. The molecule has 2 fully saturated rings. The highest BCUT2D eigenvalue weighted by Crippen LogP contribution is 2.37. The number of nitrogens with one attached hydrogen (secondary N) is 2. The van der Waals surface area contributed by atoms with Crippen LogP contribution in [-0.4, -0.2) is 41.0 Å². The van der Waals surface area contributed by atoms with E-state index in [4.69, 9.17) is 0 Å². The summed E-state index contributed by atoms with van der Waals surface area (Å²) in [6.45, 7) is 6.73. The SMILES string of the molecule is CC(CNc1cc(=O)[nH]c(C2CC2)n1)CN1CCCCC1. The van der Waals surface area contributed by atoms with Crippen LogP contribution in [0.2, 0.25) is 0 Å². The molecule has 116 valence electrons. The normalized spacial score (nSPS) is 21.2. The first-order chi connectivity index (χ1) is 10.2. The van der Waals surface area contributed by atoms with Gasteiger partial charge in [0, 0.05) is 25.1 Å². The summed E-state index contributed by atoms with van der Waals surface area (Å²) >= 11 is 0. The van der Waals surface area contributed by atoms with Crippen molar-refractivity contribution in [3.05, 3.63) is 22.2 Å². The van der Waals surface area contributed by atoms with E-state index in [1.807, 2.05) is 0 Å². The first-order valence-electron chi connectivity index (χ1n) is 8.28. The summed E-state index contributed by atoms with van der Waals surface area (Å²) in [6.07, 6.45) is 6.35. The number of H-pyrrole nitrogens is 1. The molecule has 2 N–H and O–H groups in total. The van der Waals surface area contributed by atoms with Crippen LogP contribution in [0.25, 0.3) is 0 Å². The second-order valence-corrected chi connectivity index (χ2v) is 6.64. The van der Waals surface area contributed by atoms with Gasteiger partial charge < -0.3 is 15.2 Å². The highest BCUT2D eigenvalue weighted by Gasteiger charge is 2.26. The van der Waals surface area contributed by atoms with Crippen LogP contribution in [-0.2, 0) is 0 Å². The third-order valence-electron chi connectivity index (χ3n) is 4.37. The number of nitrogens with zero attached hydrogens (tertiary/aromatic N) is 2. The first-order valence-corrected chi connectivity index (χ1v) is 8.28. The van der Waals surface area contributed by atoms with Crippen LogP contribution in [0.15, 0.2) is 10.9 Å². The van der Waals surface area contributed by atoms with Gasteiger partial charge in [-0.15, -0.1) is 0 Å². The van der Waals surface area contributed by atoms with Crippen molar-refractivity contribution in [2.45, 2.75) is 44.9 Å². The number of aromatic nitrogens is 2. The molecule has 1 aromatic rings. The molecule has 1 atom stereocenters. The standard InChI is InChI=1S/C16H26N4O/c1-12(11-20-7-3-2-4-8-20)10-17-14-9-15(21)19-16(18-14)13-5-6-13/h9,12-13H,2-8,10-11H2,1H3,(H2,17,18,19,21). The van der Waals surface area contributed by atoms with E-state index in [-0.39, 0.29) is 5.56 Å². The van der Waals surface area contributed by atoms with Crippen molar-refractivity contribution >= 4 is 5.82 Å². The molecule has 1 aliphatic carbocycles. The van der Waals surface area contributed by atoms with Crippen LogP contribution in [0.3, 0.4) is 0 Å². The maximum Gasteiger partial charge on any atom is 0.252 e. The number of piperidine rings is 1. The van der Waals surface area contributed by atoms with Crippen LogP contribution >= 0.6 is 0 Å². The molecule has 2 heterocycles. The quantitative estimate of drug-likeness (QED) is 0.843. The molecule has 1 unspecified atom stereocenters. The molecule has 5 nitrogen and oxygen atoms in total. The van der Waals surface area contributed by atoms with Crippen LogP contribution in [0, 0.1) is 5.92 Å². The largest absolute Gasteiger partial charge is 0.370 e.